The summed E-state index contributed by atoms with van der Waals surface area (Å²) >= 11 is 1.84. The van der Waals surface area contributed by atoms with E-state index in [2.05, 4.69) is 50.1 Å². The van der Waals surface area contributed by atoms with Crippen LogP contribution in [0.25, 0.3) is 0 Å². The summed E-state index contributed by atoms with van der Waals surface area (Å²) in [7, 11) is 0. The van der Waals surface area contributed by atoms with Crippen molar-refractivity contribution in [2.24, 2.45) is 11.1 Å². The number of hydrogen-bond acceptors (Lipinski definition) is 3. The van der Waals surface area contributed by atoms with Crippen LogP contribution in [0.2, 0.25) is 0 Å². The second-order valence-corrected chi connectivity index (χ2v) is 6.10. The first kappa shape index (κ1) is 13.7. The summed E-state index contributed by atoms with van der Waals surface area (Å²) in [5.41, 5.74) is 6.00. The fraction of sp³-hybridized carbons (Fsp3) is 0.692. The van der Waals surface area contributed by atoms with Crippen LogP contribution in [-0.4, -0.2) is 24.5 Å². The Balaban J connectivity index is 2.68. The van der Waals surface area contributed by atoms with Crippen LogP contribution in [0.15, 0.2) is 17.5 Å². The SMILES string of the molecule is CCN(CC(C)(C)CN)C(C)c1cccs1. The Bertz CT molecular complexity index is 293. The molecule has 2 nitrogen and oxygen atoms in total. The summed E-state index contributed by atoms with van der Waals surface area (Å²) < 4.78 is 0. The molecule has 16 heavy (non-hydrogen) atoms. The lowest BCUT2D eigenvalue weighted by Gasteiger charge is -2.34. The van der Waals surface area contributed by atoms with Crippen molar-refractivity contribution in [2.45, 2.75) is 33.7 Å². The minimum atomic E-state index is 0.196. The van der Waals surface area contributed by atoms with Crippen molar-refractivity contribution in [1.82, 2.24) is 4.90 Å². The zero-order chi connectivity index (χ0) is 12.2. The Labute approximate surface area is 103 Å². The molecule has 0 saturated carbocycles. The van der Waals surface area contributed by atoms with Gasteiger partial charge in [-0.15, -0.1) is 11.3 Å². The first-order chi connectivity index (χ1) is 7.50. The van der Waals surface area contributed by atoms with Gasteiger partial charge >= 0.3 is 0 Å². The van der Waals surface area contributed by atoms with Crippen molar-refractivity contribution in [3.05, 3.63) is 22.4 Å². The maximum absolute atomic E-state index is 5.80. The lowest BCUT2D eigenvalue weighted by atomic mass is 9.92. The third kappa shape index (κ3) is 3.58. The number of thiophene rings is 1. The van der Waals surface area contributed by atoms with E-state index in [1.54, 1.807) is 0 Å². The summed E-state index contributed by atoms with van der Waals surface area (Å²) in [6.07, 6.45) is 0. The molecule has 0 amide bonds. The molecule has 1 rings (SSSR count). The second-order valence-electron chi connectivity index (χ2n) is 5.12. The van der Waals surface area contributed by atoms with Gasteiger partial charge in [0.05, 0.1) is 0 Å². The Morgan fingerprint density at radius 3 is 2.62 bits per heavy atom. The van der Waals surface area contributed by atoms with Gasteiger partial charge < -0.3 is 5.73 Å². The molecule has 0 aliphatic heterocycles. The summed E-state index contributed by atoms with van der Waals surface area (Å²) in [6, 6.07) is 4.84. The molecule has 0 saturated heterocycles. The molecule has 0 bridgehead atoms. The van der Waals surface area contributed by atoms with Crippen LogP contribution >= 0.6 is 11.3 Å². The summed E-state index contributed by atoms with van der Waals surface area (Å²) in [5.74, 6) is 0. The molecule has 0 spiro atoms. The molecule has 1 heterocycles. The molecule has 0 fully saturated rings. The van der Waals surface area contributed by atoms with Crippen LogP contribution in [-0.2, 0) is 0 Å². The molecular formula is C13H24N2S. The van der Waals surface area contributed by atoms with Crippen LogP contribution in [0, 0.1) is 5.41 Å². The molecule has 92 valence electrons. The van der Waals surface area contributed by atoms with Crippen molar-refractivity contribution in [3.8, 4) is 0 Å². The van der Waals surface area contributed by atoms with Crippen LogP contribution in [0.1, 0.15) is 38.6 Å². The van der Waals surface area contributed by atoms with E-state index in [0.717, 1.165) is 19.6 Å². The van der Waals surface area contributed by atoms with Gasteiger partial charge in [-0.1, -0.05) is 26.8 Å². The fourth-order valence-electron chi connectivity index (χ4n) is 1.85. The van der Waals surface area contributed by atoms with Crippen LogP contribution in [0.5, 0.6) is 0 Å². The van der Waals surface area contributed by atoms with Crippen molar-refractivity contribution >= 4 is 11.3 Å². The quantitative estimate of drug-likeness (QED) is 0.828. The van der Waals surface area contributed by atoms with Crippen LogP contribution in [0.4, 0.5) is 0 Å². The Hall–Kier alpha value is -0.380. The molecule has 3 heteroatoms. The number of rotatable bonds is 6. The van der Waals surface area contributed by atoms with Gasteiger partial charge in [-0.2, -0.15) is 0 Å². The van der Waals surface area contributed by atoms with Crippen molar-refractivity contribution in [2.75, 3.05) is 19.6 Å². The predicted octanol–water partition coefficient (Wildman–Crippen LogP) is 3.12. The Morgan fingerprint density at radius 2 is 2.19 bits per heavy atom. The largest absolute Gasteiger partial charge is 0.330 e. The highest BCUT2D eigenvalue weighted by Crippen LogP contribution is 2.27. The first-order valence-electron chi connectivity index (χ1n) is 5.97. The summed E-state index contributed by atoms with van der Waals surface area (Å²) in [6.45, 7) is 11.8. The molecule has 0 radical (unpaired) electrons. The Kier molecular flexibility index (Phi) is 4.96. The van der Waals surface area contributed by atoms with E-state index in [9.17, 15) is 0 Å². The van der Waals surface area contributed by atoms with Crippen molar-refractivity contribution in [3.63, 3.8) is 0 Å². The zero-order valence-electron chi connectivity index (χ0n) is 10.9. The van der Waals surface area contributed by atoms with Gasteiger partial charge in [-0.25, -0.2) is 0 Å². The minimum absolute atomic E-state index is 0.196. The lowest BCUT2D eigenvalue weighted by Crippen LogP contribution is -2.39. The van der Waals surface area contributed by atoms with Gasteiger partial charge in [0, 0.05) is 17.5 Å². The van der Waals surface area contributed by atoms with Crippen LogP contribution in [0.3, 0.4) is 0 Å². The fourth-order valence-corrected chi connectivity index (χ4v) is 2.66. The highest BCUT2D eigenvalue weighted by molar-refractivity contribution is 7.10. The van der Waals surface area contributed by atoms with E-state index >= 15 is 0 Å². The first-order valence-corrected chi connectivity index (χ1v) is 6.85. The Morgan fingerprint density at radius 1 is 1.50 bits per heavy atom. The molecule has 0 aromatic carbocycles. The predicted molar refractivity (Wildman–Crippen MR) is 72.8 cm³/mol. The molecular weight excluding hydrogens is 216 g/mol. The van der Waals surface area contributed by atoms with E-state index in [1.165, 1.54) is 4.88 Å². The molecule has 0 aliphatic carbocycles. The van der Waals surface area contributed by atoms with Gasteiger partial charge in [0.25, 0.3) is 0 Å². The topological polar surface area (TPSA) is 29.3 Å². The van der Waals surface area contributed by atoms with Crippen LogP contribution < -0.4 is 5.73 Å². The summed E-state index contributed by atoms with van der Waals surface area (Å²) in [4.78, 5) is 3.94. The lowest BCUT2D eigenvalue weighted by molar-refractivity contribution is 0.149. The molecule has 1 atom stereocenters. The molecule has 1 unspecified atom stereocenters. The van der Waals surface area contributed by atoms with Gasteiger partial charge in [-0.3, -0.25) is 4.90 Å². The molecule has 2 N–H and O–H groups in total. The minimum Gasteiger partial charge on any atom is -0.330 e. The van der Waals surface area contributed by atoms with E-state index in [0.29, 0.717) is 6.04 Å². The van der Waals surface area contributed by atoms with E-state index in [4.69, 9.17) is 5.73 Å². The molecule has 1 aromatic rings. The number of nitrogens with zero attached hydrogens (tertiary/aromatic N) is 1. The normalized spacial score (nSPS) is 14.4. The van der Waals surface area contributed by atoms with Gasteiger partial charge in [0.1, 0.15) is 0 Å². The second kappa shape index (κ2) is 5.80. The zero-order valence-corrected chi connectivity index (χ0v) is 11.7. The van der Waals surface area contributed by atoms with Gasteiger partial charge in [-0.05, 0) is 36.9 Å². The molecule has 0 aliphatic rings. The number of hydrogen-bond donors (Lipinski definition) is 1. The maximum Gasteiger partial charge on any atom is 0.0413 e. The standard InChI is InChI=1S/C13H24N2S/c1-5-15(10-13(3,4)9-14)11(2)12-7-6-8-16-12/h6-8,11H,5,9-10,14H2,1-4H3. The smallest absolute Gasteiger partial charge is 0.0413 e. The van der Waals surface area contributed by atoms with E-state index in [-0.39, 0.29) is 5.41 Å². The maximum atomic E-state index is 5.80. The molecule has 1 aromatic heterocycles. The van der Waals surface area contributed by atoms with E-state index < -0.39 is 0 Å². The monoisotopic (exact) mass is 240 g/mol. The van der Waals surface area contributed by atoms with E-state index in [1.807, 2.05) is 11.3 Å². The van der Waals surface area contributed by atoms with Gasteiger partial charge in [0.2, 0.25) is 0 Å². The average Bonchev–Trinajstić information content (AvgIpc) is 2.78. The van der Waals surface area contributed by atoms with Crippen molar-refractivity contribution < 1.29 is 0 Å². The highest BCUT2D eigenvalue weighted by atomic mass is 32.1. The third-order valence-electron chi connectivity index (χ3n) is 3.09. The highest BCUT2D eigenvalue weighted by Gasteiger charge is 2.23. The number of nitrogens with two attached hydrogens (primary N) is 1. The average molecular weight is 240 g/mol. The van der Waals surface area contributed by atoms with Crippen molar-refractivity contribution in [1.29, 1.82) is 0 Å². The third-order valence-corrected chi connectivity index (χ3v) is 4.14. The summed E-state index contributed by atoms with van der Waals surface area (Å²) in [5, 5.41) is 2.15. The van der Waals surface area contributed by atoms with Gasteiger partial charge in [0.15, 0.2) is 0 Å².